The minimum Gasteiger partial charge on any atom is -0.494 e. The Hall–Kier alpha value is -2.40. The Labute approximate surface area is 173 Å². The van der Waals surface area contributed by atoms with Gasteiger partial charge in [0.05, 0.1) is 12.6 Å². The van der Waals surface area contributed by atoms with Crippen molar-refractivity contribution in [1.29, 1.82) is 0 Å². The van der Waals surface area contributed by atoms with Gasteiger partial charge in [-0.25, -0.2) is 4.39 Å². The van der Waals surface area contributed by atoms with Crippen LogP contribution in [0, 0.1) is 5.82 Å². The van der Waals surface area contributed by atoms with E-state index in [2.05, 4.69) is 22.3 Å². The Bertz CT molecular complexity index is 755. The molecule has 1 aliphatic rings. The van der Waals surface area contributed by atoms with Crippen LogP contribution in [-0.2, 0) is 11.2 Å². The van der Waals surface area contributed by atoms with E-state index in [4.69, 9.17) is 4.74 Å². The molecule has 1 fully saturated rings. The summed E-state index contributed by atoms with van der Waals surface area (Å²) in [5.41, 5.74) is 2.27. The molecule has 1 heterocycles. The van der Waals surface area contributed by atoms with Crippen molar-refractivity contribution in [3.8, 4) is 5.75 Å². The molecule has 1 N–H and O–H groups in total. The molecule has 29 heavy (non-hydrogen) atoms. The molecule has 0 spiro atoms. The van der Waals surface area contributed by atoms with Crippen molar-refractivity contribution in [2.75, 3.05) is 26.2 Å². The Balaban J connectivity index is 1.51. The first-order valence-electron chi connectivity index (χ1n) is 10.6. The molecule has 0 bridgehead atoms. The number of ether oxygens (including phenoxy) is 1. The van der Waals surface area contributed by atoms with Crippen LogP contribution in [0.15, 0.2) is 48.5 Å². The van der Waals surface area contributed by atoms with Gasteiger partial charge in [-0.2, -0.15) is 0 Å². The molecular formula is C24H31FN2O2. The molecule has 1 saturated heterocycles. The SMILES string of the molecule is CCOc1ccc(C(CNC(=O)CCCc2ccc(F)cc2)N2CCCC2)cc1. The van der Waals surface area contributed by atoms with Gasteiger partial charge in [0.1, 0.15) is 11.6 Å². The van der Waals surface area contributed by atoms with Crippen molar-refractivity contribution >= 4 is 5.91 Å². The molecule has 156 valence electrons. The lowest BCUT2D eigenvalue weighted by atomic mass is 10.0. The second-order valence-corrected chi connectivity index (χ2v) is 7.55. The highest BCUT2D eigenvalue weighted by molar-refractivity contribution is 5.75. The van der Waals surface area contributed by atoms with Gasteiger partial charge in [-0.3, -0.25) is 9.69 Å². The highest BCUT2D eigenvalue weighted by atomic mass is 19.1. The second kappa shape index (κ2) is 11.0. The van der Waals surface area contributed by atoms with Crippen LogP contribution in [-0.4, -0.2) is 37.0 Å². The molecule has 1 amide bonds. The van der Waals surface area contributed by atoms with E-state index in [1.807, 2.05) is 19.1 Å². The molecule has 1 aliphatic heterocycles. The highest BCUT2D eigenvalue weighted by Gasteiger charge is 2.24. The lowest BCUT2D eigenvalue weighted by Gasteiger charge is -2.28. The number of benzene rings is 2. The van der Waals surface area contributed by atoms with Crippen LogP contribution in [0.4, 0.5) is 4.39 Å². The van der Waals surface area contributed by atoms with Crippen molar-refractivity contribution in [2.45, 2.75) is 45.1 Å². The van der Waals surface area contributed by atoms with Crippen LogP contribution in [0.1, 0.15) is 49.8 Å². The van der Waals surface area contributed by atoms with E-state index in [1.165, 1.54) is 30.5 Å². The fourth-order valence-corrected chi connectivity index (χ4v) is 3.87. The number of carbonyl (C=O) groups excluding carboxylic acids is 1. The zero-order valence-corrected chi connectivity index (χ0v) is 17.2. The fourth-order valence-electron chi connectivity index (χ4n) is 3.87. The zero-order valence-electron chi connectivity index (χ0n) is 17.2. The number of hydrogen-bond acceptors (Lipinski definition) is 3. The van der Waals surface area contributed by atoms with Crippen molar-refractivity contribution in [3.05, 3.63) is 65.5 Å². The molecular weight excluding hydrogens is 367 g/mol. The molecule has 0 aromatic heterocycles. The van der Waals surface area contributed by atoms with Crippen LogP contribution < -0.4 is 10.1 Å². The first kappa shape index (κ1) is 21.3. The number of halogens is 1. The molecule has 0 aliphatic carbocycles. The van der Waals surface area contributed by atoms with E-state index in [9.17, 15) is 9.18 Å². The Morgan fingerprint density at radius 2 is 1.79 bits per heavy atom. The average Bonchev–Trinajstić information content (AvgIpc) is 3.26. The Morgan fingerprint density at radius 1 is 1.10 bits per heavy atom. The Morgan fingerprint density at radius 3 is 2.45 bits per heavy atom. The second-order valence-electron chi connectivity index (χ2n) is 7.55. The zero-order chi connectivity index (χ0) is 20.5. The largest absolute Gasteiger partial charge is 0.494 e. The quantitative estimate of drug-likeness (QED) is 0.641. The first-order valence-corrected chi connectivity index (χ1v) is 10.6. The van der Waals surface area contributed by atoms with Gasteiger partial charge in [0.25, 0.3) is 0 Å². The molecule has 1 unspecified atom stereocenters. The van der Waals surface area contributed by atoms with Gasteiger partial charge >= 0.3 is 0 Å². The van der Waals surface area contributed by atoms with Crippen molar-refractivity contribution < 1.29 is 13.9 Å². The first-order chi connectivity index (χ1) is 14.2. The van der Waals surface area contributed by atoms with Crippen molar-refractivity contribution in [3.63, 3.8) is 0 Å². The minimum absolute atomic E-state index is 0.0715. The van der Waals surface area contributed by atoms with Gasteiger partial charge in [0.2, 0.25) is 5.91 Å². The van der Waals surface area contributed by atoms with Gasteiger partial charge in [0, 0.05) is 13.0 Å². The maximum absolute atomic E-state index is 13.0. The molecule has 3 rings (SSSR count). The topological polar surface area (TPSA) is 41.6 Å². The predicted octanol–water partition coefficient (Wildman–Crippen LogP) is 4.50. The van der Waals surface area contributed by atoms with Crippen LogP contribution >= 0.6 is 0 Å². The van der Waals surface area contributed by atoms with Crippen LogP contribution in [0.25, 0.3) is 0 Å². The maximum Gasteiger partial charge on any atom is 0.220 e. The summed E-state index contributed by atoms with van der Waals surface area (Å²) in [5, 5.41) is 3.12. The van der Waals surface area contributed by atoms with E-state index in [0.29, 0.717) is 19.6 Å². The lowest BCUT2D eigenvalue weighted by molar-refractivity contribution is -0.121. The molecule has 0 saturated carbocycles. The predicted molar refractivity (Wildman–Crippen MR) is 114 cm³/mol. The van der Waals surface area contributed by atoms with E-state index in [0.717, 1.165) is 37.2 Å². The van der Waals surface area contributed by atoms with Gasteiger partial charge in [-0.05, 0) is 81.1 Å². The summed E-state index contributed by atoms with van der Waals surface area (Å²) >= 11 is 0. The Kier molecular flexibility index (Phi) is 8.05. The van der Waals surface area contributed by atoms with Gasteiger partial charge in [0.15, 0.2) is 0 Å². The third-order valence-electron chi connectivity index (χ3n) is 5.43. The number of rotatable bonds is 10. The molecule has 2 aromatic rings. The van der Waals surface area contributed by atoms with Gasteiger partial charge < -0.3 is 10.1 Å². The summed E-state index contributed by atoms with van der Waals surface area (Å²) in [4.78, 5) is 14.8. The van der Waals surface area contributed by atoms with Crippen LogP contribution in [0.3, 0.4) is 0 Å². The number of hydrogen-bond donors (Lipinski definition) is 1. The van der Waals surface area contributed by atoms with Crippen LogP contribution in [0.5, 0.6) is 5.75 Å². The molecule has 1 atom stereocenters. The lowest BCUT2D eigenvalue weighted by Crippen LogP contribution is -2.36. The number of likely N-dealkylation sites (tertiary alicyclic amines) is 1. The third-order valence-corrected chi connectivity index (χ3v) is 5.43. The van der Waals surface area contributed by atoms with E-state index < -0.39 is 0 Å². The van der Waals surface area contributed by atoms with E-state index in [-0.39, 0.29) is 17.8 Å². The highest BCUT2D eigenvalue weighted by Crippen LogP contribution is 2.26. The third kappa shape index (κ3) is 6.57. The molecule has 4 nitrogen and oxygen atoms in total. The molecule has 2 aromatic carbocycles. The summed E-state index contributed by atoms with van der Waals surface area (Å²) in [7, 11) is 0. The molecule has 5 heteroatoms. The number of nitrogens with zero attached hydrogens (tertiary/aromatic N) is 1. The fraction of sp³-hybridized carbons (Fsp3) is 0.458. The summed E-state index contributed by atoms with van der Waals surface area (Å²) in [6.07, 6.45) is 4.43. The molecule has 0 radical (unpaired) electrons. The smallest absolute Gasteiger partial charge is 0.220 e. The van der Waals surface area contributed by atoms with Gasteiger partial charge in [-0.1, -0.05) is 24.3 Å². The average molecular weight is 399 g/mol. The standard InChI is InChI=1S/C24H31FN2O2/c1-2-29-22-14-10-20(11-15-22)23(27-16-3-4-17-27)18-26-24(28)7-5-6-19-8-12-21(25)13-9-19/h8-15,23H,2-7,16-18H2,1H3,(H,26,28). The normalized spacial score (nSPS) is 15.2. The van der Waals surface area contributed by atoms with E-state index in [1.54, 1.807) is 12.1 Å². The summed E-state index contributed by atoms with van der Waals surface area (Å²) in [6, 6.07) is 14.9. The van der Waals surface area contributed by atoms with Gasteiger partial charge in [-0.15, -0.1) is 0 Å². The summed E-state index contributed by atoms with van der Waals surface area (Å²) in [5.74, 6) is 0.720. The number of aryl methyl sites for hydroxylation is 1. The van der Waals surface area contributed by atoms with Crippen molar-refractivity contribution in [1.82, 2.24) is 10.2 Å². The number of nitrogens with one attached hydrogen (secondary N) is 1. The maximum atomic E-state index is 13.0. The number of amides is 1. The monoisotopic (exact) mass is 398 g/mol. The summed E-state index contributed by atoms with van der Waals surface area (Å²) < 4.78 is 18.5. The van der Waals surface area contributed by atoms with E-state index >= 15 is 0 Å². The number of carbonyl (C=O) groups is 1. The van der Waals surface area contributed by atoms with Crippen LogP contribution in [0.2, 0.25) is 0 Å². The minimum atomic E-state index is -0.228. The van der Waals surface area contributed by atoms with Crippen molar-refractivity contribution in [2.24, 2.45) is 0 Å². The summed E-state index contributed by atoms with van der Waals surface area (Å²) in [6.45, 7) is 5.38.